The molecule has 42 heavy (non-hydrogen) atoms. The van der Waals surface area contributed by atoms with E-state index in [0.29, 0.717) is 40.4 Å². The Bertz CT molecular complexity index is 1510. The minimum absolute atomic E-state index is 0.0311. The number of aromatic amines is 1. The maximum absolute atomic E-state index is 13.0. The molecular formula is C33H42N6O3. The summed E-state index contributed by atoms with van der Waals surface area (Å²) in [5, 5.41) is 11.6. The maximum Gasteiger partial charge on any atom is 0.323 e. The summed E-state index contributed by atoms with van der Waals surface area (Å²) in [4.78, 5) is 44.0. The summed E-state index contributed by atoms with van der Waals surface area (Å²) in [7, 11) is 0. The normalized spacial score (nSPS) is 13.7. The zero-order chi connectivity index (χ0) is 30.6. The highest BCUT2D eigenvalue weighted by molar-refractivity contribution is 6.35. The predicted octanol–water partition coefficient (Wildman–Crippen LogP) is 6.14. The van der Waals surface area contributed by atoms with Crippen LogP contribution in [-0.4, -0.2) is 53.9 Å². The van der Waals surface area contributed by atoms with Crippen LogP contribution >= 0.6 is 0 Å². The van der Waals surface area contributed by atoms with Gasteiger partial charge in [0.1, 0.15) is 0 Å². The lowest BCUT2D eigenvalue weighted by molar-refractivity contribution is -0.110. The number of aromatic nitrogens is 1. The monoisotopic (exact) mass is 570 g/mol. The number of H-pyrrole nitrogens is 1. The molecule has 0 bridgehead atoms. The van der Waals surface area contributed by atoms with Crippen molar-refractivity contribution >= 4 is 46.6 Å². The second kappa shape index (κ2) is 12.7. The zero-order valence-electron chi connectivity index (χ0n) is 25.6. The van der Waals surface area contributed by atoms with Crippen LogP contribution in [0.5, 0.6) is 0 Å². The average molecular weight is 571 g/mol. The fourth-order valence-corrected chi connectivity index (χ4v) is 5.12. The number of nitrogens with one attached hydrogen (secondary N) is 5. The first-order chi connectivity index (χ1) is 19.9. The molecule has 1 aromatic heterocycles. The first-order valence-electron chi connectivity index (χ1n) is 14.5. The van der Waals surface area contributed by atoms with Gasteiger partial charge in [-0.15, -0.1) is 0 Å². The Hall–Kier alpha value is -4.37. The Morgan fingerprint density at radius 1 is 0.952 bits per heavy atom. The molecule has 9 nitrogen and oxygen atoms in total. The molecule has 3 aromatic rings. The summed E-state index contributed by atoms with van der Waals surface area (Å²) >= 11 is 0. The van der Waals surface area contributed by atoms with Crippen LogP contribution in [0, 0.1) is 13.8 Å². The van der Waals surface area contributed by atoms with E-state index in [1.165, 1.54) is 5.56 Å². The summed E-state index contributed by atoms with van der Waals surface area (Å²) in [6.45, 7) is 17.6. The van der Waals surface area contributed by atoms with Crippen LogP contribution in [0.2, 0.25) is 0 Å². The third-order valence-electron chi connectivity index (χ3n) is 7.67. The van der Waals surface area contributed by atoms with Gasteiger partial charge in [-0.25, -0.2) is 4.79 Å². The quantitative estimate of drug-likeness (QED) is 0.199. The number of fused-ring (bicyclic) bond motifs is 1. The highest BCUT2D eigenvalue weighted by Crippen LogP contribution is 2.36. The summed E-state index contributed by atoms with van der Waals surface area (Å²) in [5.41, 5.74) is 7.10. The van der Waals surface area contributed by atoms with Crippen molar-refractivity contribution in [3.05, 3.63) is 76.1 Å². The molecule has 1 aliphatic rings. The van der Waals surface area contributed by atoms with E-state index in [1.807, 2.05) is 38.1 Å². The van der Waals surface area contributed by atoms with E-state index in [0.717, 1.165) is 36.5 Å². The number of amides is 4. The highest BCUT2D eigenvalue weighted by Gasteiger charge is 2.26. The Morgan fingerprint density at radius 3 is 2.24 bits per heavy atom. The van der Waals surface area contributed by atoms with E-state index < -0.39 is 0 Å². The molecule has 0 saturated carbocycles. The summed E-state index contributed by atoms with van der Waals surface area (Å²) < 4.78 is 0. The molecule has 1 aliphatic heterocycles. The first kappa shape index (κ1) is 30.6. The summed E-state index contributed by atoms with van der Waals surface area (Å²) in [6, 6.07) is 12.7. The average Bonchev–Trinajstić information content (AvgIpc) is 3.39. The van der Waals surface area contributed by atoms with Gasteiger partial charge in [0.25, 0.3) is 11.8 Å². The van der Waals surface area contributed by atoms with E-state index in [9.17, 15) is 14.4 Å². The van der Waals surface area contributed by atoms with Crippen molar-refractivity contribution in [2.75, 3.05) is 42.1 Å². The molecule has 222 valence electrons. The number of urea groups is 1. The van der Waals surface area contributed by atoms with Crippen molar-refractivity contribution in [3.8, 4) is 0 Å². The van der Waals surface area contributed by atoms with Crippen LogP contribution in [0.1, 0.15) is 73.1 Å². The maximum atomic E-state index is 13.0. The van der Waals surface area contributed by atoms with Crippen LogP contribution in [0.3, 0.4) is 0 Å². The van der Waals surface area contributed by atoms with E-state index in [1.54, 1.807) is 24.3 Å². The third-order valence-corrected chi connectivity index (χ3v) is 7.67. The molecular weight excluding hydrogens is 528 g/mol. The largest absolute Gasteiger partial charge is 0.358 e. The number of rotatable bonds is 9. The zero-order valence-corrected chi connectivity index (χ0v) is 25.6. The van der Waals surface area contributed by atoms with Gasteiger partial charge in [-0.3, -0.25) is 9.59 Å². The van der Waals surface area contributed by atoms with Gasteiger partial charge in [-0.05, 0) is 73.8 Å². The molecule has 0 fully saturated rings. The molecule has 0 aliphatic carbocycles. The smallest absolute Gasteiger partial charge is 0.323 e. The van der Waals surface area contributed by atoms with Gasteiger partial charge in [-0.1, -0.05) is 52.8 Å². The second-order valence-corrected chi connectivity index (χ2v) is 11.6. The predicted molar refractivity (Wildman–Crippen MR) is 171 cm³/mol. The lowest BCUT2D eigenvalue weighted by Crippen LogP contribution is -2.35. The fourth-order valence-electron chi connectivity index (χ4n) is 5.12. The summed E-state index contributed by atoms with van der Waals surface area (Å²) in [5.74, 6) is -0.379. The van der Waals surface area contributed by atoms with Gasteiger partial charge in [0.2, 0.25) is 0 Å². The SMILES string of the molecule is CCN(CC)CCNC(=O)c1c(C)[nH]c(C=C2C(=O)Nc3cc(NC(=O)Nc4ccc(C(C)(C)C)cc4)ccc32)c1C. The van der Waals surface area contributed by atoms with E-state index in [2.05, 4.69) is 65.8 Å². The van der Waals surface area contributed by atoms with Crippen molar-refractivity contribution < 1.29 is 14.4 Å². The van der Waals surface area contributed by atoms with E-state index in [4.69, 9.17) is 0 Å². The summed E-state index contributed by atoms with van der Waals surface area (Å²) in [6.07, 6.45) is 1.78. The molecule has 0 atom stereocenters. The van der Waals surface area contributed by atoms with Crippen LogP contribution in [0.4, 0.5) is 21.9 Å². The van der Waals surface area contributed by atoms with Crippen molar-refractivity contribution in [2.24, 2.45) is 0 Å². The van der Waals surface area contributed by atoms with E-state index >= 15 is 0 Å². The lowest BCUT2D eigenvalue weighted by atomic mass is 9.87. The molecule has 0 saturated heterocycles. The van der Waals surface area contributed by atoms with Gasteiger partial charge < -0.3 is 31.2 Å². The molecule has 2 heterocycles. The topological polar surface area (TPSA) is 118 Å². The Kier molecular flexibility index (Phi) is 9.21. The molecule has 5 N–H and O–H groups in total. The Labute approximate surface area is 248 Å². The van der Waals surface area contributed by atoms with Crippen LogP contribution in [0.25, 0.3) is 11.6 Å². The van der Waals surface area contributed by atoms with Gasteiger partial charge in [0, 0.05) is 41.4 Å². The minimum atomic E-state index is -0.376. The first-order valence-corrected chi connectivity index (χ1v) is 14.5. The minimum Gasteiger partial charge on any atom is -0.358 e. The van der Waals surface area contributed by atoms with Crippen LogP contribution in [-0.2, 0) is 10.2 Å². The Balaban J connectivity index is 1.45. The molecule has 0 radical (unpaired) electrons. The standard InChI is InChI=1S/C33H42N6O3/c1-8-39(9-2)17-16-34-31(41)29-20(3)27(35-21(29)4)19-26-25-15-14-24(18-28(25)38-30(26)40)37-32(42)36-23-12-10-22(11-13-23)33(5,6)7/h10-15,18-19,35H,8-9,16-17H2,1-7H3,(H,34,41)(H,38,40)(H2,36,37,42). The number of hydrogen-bond donors (Lipinski definition) is 5. The molecule has 4 rings (SSSR count). The van der Waals surface area contributed by atoms with E-state index in [-0.39, 0.29) is 23.3 Å². The Morgan fingerprint density at radius 2 is 1.60 bits per heavy atom. The number of carbonyl (C=O) groups is 3. The number of carbonyl (C=O) groups excluding carboxylic acids is 3. The second-order valence-electron chi connectivity index (χ2n) is 11.6. The molecule has 9 heteroatoms. The molecule has 0 unspecified atom stereocenters. The third kappa shape index (κ3) is 6.91. The number of benzene rings is 2. The highest BCUT2D eigenvalue weighted by atomic mass is 16.2. The van der Waals surface area contributed by atoms with Gasteiger partial charge in [0.15, 0.2) is 0 Å². The fraction of sp³-hybridized carbons (Fsp3) is 0.364. The van der Waals surface area contributed by atoms with Gasteiger partial charge in [-0.2, -0.15) is 0 Å². The number of hydrogen-bond acceptors (Lipinski definition) is 4. The number of aryl methyl sites for hydroxylation is 1. The lowest BCUT2D eigenvalue weighted by Gasteiger charge is -2.19. The number of anilines is 3. The van der Waals surface area contributed by atoms with Gasteiger partial charge in [0.05, 0.1) is 16.8 Å². The van der Waals surface area contributed by atoms with Crippen molar-refractivity contribution in [2.45, 2.75) is 53.9 Å². The van der Waals surface area contributed by atoms with Crippen molar-refractivity contribution in [3.63, 3.8) is 0 Å². The number of nitrogens with zero attached hydrogens (tertiary/aromatic N) is 1. The number of likely N-dealkylation sites (N-methyl/N-ethyl adjacent to an activating group) is 1. The molecule has 4 amide bonds. The van der Waals surface area contributed by atoms with Crippen LogP contribution in [0.15, 0.2) is 42.5 Å². The van der Waals surface area contributed by atoms with Crippen LogP contribution < -0.4 is 21.3 Å². The molecule has 0 spiro atoms. The van der Waals surface area contributed by atoms with Crippen molar-refractivity contribution in [1.29, 1.82) is 0 Å². The van der Waals surface area contributed by atoms with Crippen molar-refractivity contribution in [1.82, 2.24) is 15.2 Å². The molecule has 2 aromatic carbocycles. The van der Waals surface area contributed by atoms with Gasteiger partial charge >= 0.3 is 6.03 Å².